The van der Waals surface area contributed by atoms with E-state index in [-0.39, 0.29) is 0 Å². The summed E-state index contributed by atoms with van der Waals surface area (Å²) < 4.78 is 2.39. The fourth-order valence-corrected chi connectivity index (χ4v) is 1.75. The van der Waals surface area contributed by atoms with Crippen LogP contribution in [0, 0.1) is 0 Å². The van der Waals surface area contributed by atoms with Gasteiger partial charge in [0.2, 0.25) is 0 Å². The normalized spacial score (nSPS) is 10.6. The Morgan fingerprint density at radius 2 is 1.92 bits per heavy atom. The highest BCUT2D eigenvalue weighted by Crippen LogP contribution is 2.13. The van der Waals surface area contributed by atoms with Gasteiger partial charge in [-0.1, -0.05) is 20.8 Å². The van der Waals surface area contributed by atoms with Crippen molar-refractivity contribution in [2.45, 2.75) is 46.6 Å². The van der Waals surface area contributed by atoms with E-state index in [1.807, 2.05) is 0 Å². The van der Waals surface area contributed by atoms with Gasteiger partial charge < -0.3 is 4.57 Å². The molecule has 0 aliphatic carbocycles. The van der Waals surface area contributed by atoms with Crippen molar-refractivity contribution in [2.24, 2.45) is 0 Å². The Morgan fingerprint density at radius 3 is 2.42 bits per heavy atom. The highest BCUT2D eigenvalue weighted by atomic mass is 15.0. The summed E-state index contributed by atoms with van der Waals surface area (Å²) in [7, 11) is 0. The molecule has 0 fully saturated rings. The molecule has 0 saturated carbocycles. The second-order valence-corrected chi connectivity index (χ2v) is 3.19. The van der Waals surface area contributed by atoms with Crippen molar-refractivity contribution in [1.82, 2.24) is 4.57 Å². The first-order chi connectivity index (χ1) is 5.83. The van der Waals surface area contributed by atoms with Crippen molar-refractivity contribution >= 4 is 0 Å². The van der Waals surface area contributed by atoms with Gasteiger partial charge in [0.05, 0.1) is 0 Å². The van der Waals surface area contributed by atoms with Crippen LogP contribution in [0.1, 0.15) is 38.4 Å². The lowest BCUT2D eigenvalue weighted by atomic mass is 10.1. The van der Waals surface area contributed by atoms with Crippen LogP contribution in [0.4, 0.5) is 0 Å². The van der Waals surface area contributed by atoms with Gasteiger partial charge in [0, 0.05) is 18.4 Å². The topological polar surface area (TPSA) is 4.93 Å². The molecule has 0 atom stereocenters. The second kappa shape index (κ2) is 4.34. The molecule has 0 aromatic carbocycles. The Morgan fingerprint density at radius 1 is 1.17 bits per heavy atom. The standard InChI is InChI=1S/C11H19N/c1-4-8-12-9-7-10(5-2)11(12)6-3/h7,9H,4-6,8H2,1-3H3. The molecule has 0 radical (unpaired) electrons. The molecular weight excluding hydrogens is 146 g/mol. The van der Waals surface area contributed by atoms with E-state index >= 15 is 0 Å². The highest BCUT2D eigenvalue weighted by molar-refractivity contribution is 5.22. The smallest absolute Gasteiger partial charge is 0.0219 e. The first-order valence-electron chi connectivity index (χ1n) is 5.00. The van der Waals surface area contributed by atoms with Gasteiger partial charge in [-0.15, -0.1) is 0 Å². The zero-order valence-electron chi connectivity index (χ0n) is 8.43. The Bertz CT molecular complexity index is 235. The van der Waals surface area contributed by atoms with Gasteiger partial charge in [0.15, 0.2) is 0 Å². The number of nitrogens with zero attached hydrogens (tertiary/aromatic N) is 1. The molecule has 0 amide bonds. The maximum Gasteiger partial charge on any atom is 0.0219 e. The number of aromatic nitrogens is 1. The van der Waals surface area contributed by atoms with Crippen LogP contribution in [-0.4, -0.2) is 4.57 Å². The average molecular weight is 165 g/mol. The van der Waals surface area contributed by atoms with Crippen molar-refractivity contribution < 1.29 is 0 Å². The number of aryl methyl sites for hydroxylation is 2. The summed E-state index contributed by atoms with van der Waals surface area (Å²) in [5.74, 6) is 0. The summed E-state index contributed by atoms with van der Waals surface area (Å²) in [6.45, 7) is 7.86. The molecule has 1 nitrogen and oxygen atoms in total. The fraction of sp³-hybridized carbons (Fsp3) is 0.636. The van der Waals surface area contributed by atoms with E-state index in [0.29, 0.717) is 0 Å². The van der Waals surface area contributed by atoms with E-state index in [9.17, 15) is 0 Å². The van der Waals surface area contributed by atoms with Gasteiger partial charge in [-0.2, -0.15) is 0 Å². The Hall–Kier alpha value is -0.720. The van der Waals surface area contributed by atoms with Crippen molar-refractivity contribution in [3.63, 3.8) is 0 Å². The van der Waals surface area contributed by atoms with Gasteiger partial charge in [-0.3, -0.25) is 0 Å². The van der Waals surface area contributed by atoms with Gasteiger partial charge in [0.1, 0.15) is 0 Å². The molecule has 1 aromatic heterocycles. The average Bonchev–Trinajstić information content (AvgIpc) is 2.47. The van der Waals surface area contributed by atoms with E-state index in [2.05, 4.69) is 37.6 Å². The summed E-state index contributed by atoms with van der Waals surface area (Å²) in [6.07, 6.45) is 5.78. The molecule has 0 N–H and O–H groups in total. The fourth-order valence-electron chi connectivity index (χ4n) is 1.75. The lowest BCUT2D eigenvalue weighted by Crippen LogP contribution is -2.01. The number of rotatable bonds is 4. The third-order valence-electron chi connectivity index (χ3n) is 2.35. The van der Waals surface area contributed by atoms with Crippen LogP contribution in [0.25, 0.3) is 0 Å². The molecule has 1 heteroatoms. The number of hydrogen-bond acceptors (Lipinski definition) is 0. The molecule has 0 saturated heterocycles. The molecule has 68 valence electrons. The monoisotopic (exact) mass is 165 g/mol. The Labute approximate surface area is 75.4 Å². The maximum absolute atomic E-state index is 2.39. The van der Waals surface area contributed by atoms with E-state index < -0.39 is 0 Å². The molecule has 1 aromatic rings. The Kier molecular flexibility index (Phi) is 3.39. The van der Waals surface area contributed by atoms with Crippen LogP contribution >= 0.6 is 0 Å². The molecule has 1 heterocycles. The van der Waals surface area contributed by atoms with Gasteiger partial charge in [-0.25, -0.2) is 0 Å². The summed E-state index contributed by atoms with van der Waals surface area (Å²) in [5, 5.41) is 0. The minimum absolute atomic E-state index is 1.16. The molecular formula is C11H19N. The van der Waals surface area contributed by atoms with Crippen LogP contribution in [0.2, 0.25) is 0 Å². The van der Waals surface area contributed by atoms with Gasteiger partial charge in [0.25, 0.3) is 0 Å². The quantitative estimate of drug-likeness (QED) is 0.646. The molecule has 0 aliphatic heterocycles. The number of hydrogen-bond donors (Lipinski definition) is 0. The lowest BCUT2D eigenvalue weighted by Gasteiger charge is -2.07. The molecule has 0 aliphatic rings. The summed E-state index contributed by atoms with van der Waals surface area (Å²) in [6, 6.07) is 2.26. The third kappa shape index (κ3) is 1.71. The second-order valence-electron chi connectivity index (χ2n) is 3.19. The van der Waals surface area contributed by atoms with E-state index in [4.69, 9.17) is 0 Å². The van der Waals surface area contributed by atoms with Gasteiger partial charge >= 0.3 is 0 Å². The maximum atomic E-state index is 2.39. The minimum atomic E-state index is 1.16. The summed E-state index contributed by atoms with van der Waals surface area (Å²) in [5.41, 5.74) is 3.05. The molecule has 12 heavy (non-hydrogen) atoms. The Balaban J connectivity index is 2.88. The van der Waals surface area contributed by atoms with Crippen molar-refractivity contribution in [2.75, 3.05) is 0 Å². The van der Waals surface area contributed by atoms with Gasteiger partial charge in [-0.05, 0) is 30.9 Å². The third-order valence-corrected chi connectivity index (χ3v) is 2.35. The summed E-state index contributed by atoms with van der Waals surface area (Å²) >= 11 is 0. The molecule has 1 rings (SSSR count). The van der Waals surface area contributed by atoms with Crippen LogP contribution < -0.4 is 0 Å². The van der Waals surface area contributed by atoms with E-state index in [0.717, 1.165) is 6.42 Å². The van der Waals surface area contributed by atoms with Crippen LogP contribution in [-0.2, 0) is 19.4 Å². The lowest BCUT2D eigenvalue weighted by molar-refractivity contribution is 0.649. The van der Waals surface area contributed by atoms with Crippen LogP contribution in [0.3, 0.4) is 0 Å². The molecule has 0 bridgehead atoms. The zero-order valence-corrected chi connectivity index (χ0v) is 8.43. The van der Waals surface area contributed by atoms with Crippen molar-refractivity contribution in [3.05, 3.63) is 23.5 Å². The van der Waals surface area contributed by atoms with Crippen LogP contribution in [0.15, 0.2) is 12.3 Å². The van der Waals surface area contributed by atoms with E-state index in [1.54, 1.807) is 0 Å². The highest BCUT2D eigenvalue weighted by Gasteiger charge is 2.03. The first-order valence-corrected chi connectivity index (χ1v) is 5.00. The predicted molar refractivity (Wildman–Crippen MR) is 53.5 cm³/mol. The SMILES string of the molecule is CCCn1ccc(CC)c1CC. The van der Waals surface area contributed by atoms with E-state index in [1.165, 1.54) is 30.6 Å². The van der Waals surface area contributed by atoms with Crippen LogP contribution in [0.5, 0.6) is 0 Å². The van der Waals surface area contributed by atoms with Crippen molar-refractivity contribution in [1.29, 1.82) is 0 Å². The summed E-state index contributed by atoms with van der Waals surface area (Å²) in [4.78, 5) is 0. The molecule has 0 spiro atoms. The minimum Gasteiger partial charge on any atom is -0.351 e. The first kappa shape index (κ1) is 9.37. The predicted octanol–water partition coefficient (Wildman–Crippen LogP) is 3.02. The largest absolute Gasteiger partial charge is 0.351 e. The zero-order chi connectivity index (χ0) is 8.97. The van der Waals surface area contributed by atoms with Crippen molar-refractivity contribution in [3.8, 4) is 0 Å². The molecule has 0 unspecified atom stereocenters.